The van der Waals surface area contributed by atoms with Crippen LogP contribution in [0.4, 0.5) is 0 Å². The van der Waals surface area contributed by atoms with E-state index in [0.717, 1.165) is 6.42 Å². The van der Waals surface area contributed by atoms with Crippen molar-refractivity contribution in [2.45, 2.75) is 25.3 Å². The highest BCUT2D eigenvalue weighted by Gasteiger charge is 2.30. The number of carboxylic acid groups (broad SMARTS) is 1. The Morgan fingerprint density at radius 2 is 2.22 bits per heavy atom. The van der Waals surface area contributed by atoms with Gasteiger partial charge >= 0.3 is 5.97 Å². The predicted octanol–water partition coefficient (Wildman–Crippen LogP) is 1.83. The molecule has 0 spiro atoms. The van der Waals surface area contributed by atoms with Crippen molar-refractivity contribution in [2.24, 2.45) is 5.92 Å². The van der Waals surface area contributed by atoms with Gasteiger partial charge in [0.1, 0.15) is 4.60 Å². The van der Waals surface area contributed by atoms with Crippen molar-refractivity contribution >= 4 is 27.8 Å². The summed E-state index contributed by atoms with van der Waals surface area (Å²) in [5.41, 5.74) is 0.524. The average molecular weight is 313 g/mol. The molecule has 1 aliphatic carbocycles. The number of halogens is 1. The number of carbonyl (C=O) groups excluding carboxylic acids is 1. The fourth-order valence-electron chi connectivity index (χ4n) is 2.15. The number of hydrogen-bond acceptors (Lipinski definition) is 3. The zero-order valence-corrected chi connectivity index (χ0v) is 11.2. The first-order chi connectivity index (χ1) is 8.56. The summed E-state index contributed by atoms with van der Waals surface area (Å²) in [6.45, 7) is 0. The van der Waals surface area contributed by atoms with Gasteiger partial charge < -0.3 is 10.4 Å². The molecule has 2 rings (SSSR count). The van der Waals surface area contributed by atoms with Crippen LogP contribution in [0.15, 0.2) is 22.9 Å². The molecule has 0 bridgehead atoms. The molecule has 0 radical (unpaired) electrons. The minimum atomic E-state index is -0.779. The van der Waals surface area contributed by atoms with Crippen LogP contribution in [0.1, 0.15) is 29.6 Å². The molecule has 1 amide bonds. The van der Waals surface area contributed by atoms with Crippen LogP contribution >= 0.6 is 15.9 Å². The maximum atomic E-state index is 11.9. The number of nitrogens with one attached hydrogen (secondary N) is 1. The number of pyridine rings is 1. The van der Waals surface area contributed by atoms with Crippen LogP contribution in [0, 0.1) is 5.92 Å². The summed E-state index contributed by atoms with van der Waals surface area (Å²) < 4.78 is 0.602. The Hall–Kier alpha value is -1.43. The number of rotatable bonds is 3. The molecule has 0 aromatic carbocycles. The van der Waals surface area contributed by atoms with E-state index in [1.165, 1.54) is 0 Å². The lowest BCUT2D eigenvalue weighted by molar-refractivity contribution is -0.141. The summed E-state index contributed by atoms with van der Waals surface area (Å²) in [5.74, 6) is -1.30. The summed E-state index contributed by atoms with van der Waals surface area (Å²) in [6.07, 6.45) is 3.40. The summed E-state index contributed by atoms with van der Waals surface area (Å²) in [4.78, 5) is 26.7. The summed E-state index contributed by atoms with van der Waals surface area (Å²) in [6, 6.07) is 3.22. The van der Waals surface area contributed by atoms with Gasteiger partial charge in [-0.05, 0) is 47.3 Å². The maximum absolute atomic E-state index is 11.9. The van der Waals surface area contributed by atoms with Gasteiger partial charge in [0.2, 0.25) is 0 Å². The highest BCUT2D eigenvalue weighted by Crippen LogP contribution is 2.25. The SMILES string of the molecule is O=C(NC1CCC(C(=O)O)C1)c1ccnc(Br)c1. The van der Waals surface area contributed by atoms with E-state index in [0.29, 0.717) is 23.0 Å². The summed E-state index contributed by atoms with van der Waals surface area (Å²) in [5, 5.41) is 11.7. The topological polar surface area (TPSA) is 79.3 Å². The van der Waals surface area contributed by atoms with E-state index in [9.17, 15) is 9.59 Å². The van der Waals surface area contributed by atoms with Crippen molar-refractivity contribution in [3.63, 3.8) is 0 Å². The van der Waals surface area contributed by atoms with Crippen LogP contribution in [0.25, 0.3) is 0 Å². The van der Waals surface area contributed by atoms with Gasteiger partial charge in [-0.3, -0.25) is 9.59 Å². The summed E-state index contributed by atoms with van der Waals surface area (Å²) >= 11 is 3.20. The Bertz CT molecular complexity index is 478. The second-order valence-corrected chi connectivity index (χ2v) is 5.20. The van der Waals surface area contributed by atoms with E-state index < -0.39 is 5.97 Å². The van der Waals surface area contributed by atoms with Crippen molar-refractivity contribution in [3.05, 3.63) is 28.5 Å². The quantitative estimate of drug-likeness (QED) is 0.834. The third-order valence-corrected chi connectivity index (χ3v) is 3.54. The molecule has 1 saturated carbocycles. The van der Waals surface area contributed by atoms with Gasteiger partial charge in [-0.1, -0.05) is 0 Å². The van der Waals surface area contributed by atoms with Gasteiger partial charge in [0.25, 0.3) is 5.91 Å². The number of hydrogen-bond donors (Lipinski definition) is 2. The molecule has 18 heavy (non-hydrogen) atoms. The zero-order valence-electron chi connectivity index (χ0n) is 9.60. The lowest BCUT2D eigenvalue weighted by atomic mass is 10.1. The summed E-state index contributed by atoms with van der Waals surface area (Å²) in [7, 11) is 0. The average Bonchev–Trinajstić information content (AvgIpc) is 2.77. The molecule has 0 saturated heterocycles. The second kappa shape index (κ2) is 5.48. The van der Waals surface area contributed by atoms with Crippen LogP contribution in [0.5, 0.6) is 0 Å². The number of aliphatic carboxylic acids is 1. The molecule has 96 valence electrons. The standard InChI is InChI=1S/C12H13BrN2O3/c13-10-6-7(3-4-14-10)11(16)15-9-2-1-8(5-9)12(17)18/h3-4,6,8-9H,1-2,5H2,(H,15,16)(H,17,18). The number of carboxylic acids is 1. The van der Waals surface area contributed by atoms with Gasteiger partial charge in [-0.2, -0.15) is 0 Å². The Balaban J connectivity index is 1.95. The van der Waals surface area contributed by atoms with Crippen molar-refractivity contribution in [2.75, 3.05) is 0 Å². The number of nitrogens with zero attached hydrogens (tertiary/aromatic N) is 1. The van der Waals surface area contributed by atoms with Crippen LogP contribution in [-0.4, -0.2) is 28.0 Å². The smallest absolute Gasteiger partial charge is 0.306 e. The van der Waals surface area contributed by atoms with Crippen LogP contribution in [-0.2, 0) is 4.79 Å². The van der Waals surface area contributed by atoms with E-state index in [2.05, 4.69) is 26.2 Å². The van der Waals surface area contributed by atoms with Gasteiger partial charge in [-0.25, -0.2) is 4.98 Å². The molecule has 2 atom stereocenters. The maximum Gasteiger partial charge on any atom is 0.306 e. The third kappa shape index (κ3) is 3.07. The number of carbonyl (C=O) groups is 2. The molecule has 1 heterocycles. The van der Waals surface area contributed by atoms with Crippen molar-refractivity contribution in [1.82, 2.24) is 10.3 Å². The molecule has 1 aliphatic rings. The monoisotopic (exact) mass is 312 g/mol. The molecular formula is C12H13BrN2O3. The predicted molar refractivity (Wildman–Crippen MR) is 68.2 cm³/mol. The van der Waals surface area contributed by atoms with E-state index >= 15 is 0 Å². The highest BCUT2D eigenvalue weighted by molar-refractivity contribution is 9.10. The zero-order chi connectivity index (χ0) is 13.1. The van der Waals surface area contributed by atoms with E-state index in [1.54, 1.807) is 18.3 Å². The van der Waals surface area contributed by atoms with E-state index in [-0.39, 0.29) is 17.9 Å². The number of aromatic nitrogens is 1. The molecule has 1 aromatic rings. The van der Waals surface area contributed by atoms with Crippen LogP contribution in [0.2, 0.25) is 0 Å². The first-order valence-corrected chi connectivity index (χ1v) is 6.51. The highest BCUT2D eigenvalue weighted by atomic mass is 79.9. The molecule has 2 unspecified atom stereocenters. The van der Waals surface area contributed by atoms with Crippen LogP contribution < -0.4 is 5.32 Å². The van der Waals surface area contributed by atoms with E-state index in [4.69, 9.17) is 5.11 Å². The fourth-order valence-corrected chi connectivity index (χ4v) is 2.51. The van der Waals surface area contributed by atoms with Gasteiger partial charge in [0.05, 0.1) is 5.92 Å². The van der Waals surface area contributed by atoms with Gasteiger partial charge in [-0.15, -0.1) is 0 Å². The minimum Gasteiger partial charge on any atom is -0.481 e. The van der Waals surface area contributed by atoms with Crippen molar-refractivity contribution in [3.8, 4) is 0 Å². The Labute approximate surface area is 113 Å². The lowest BCUT2D eigenvalue weighted by Crippen LogP contribution is -2.33. The fraction of sp³-hybridized carbons (Fsp3) is 0.417. The first-order valence-electron chi connectivity index (χ1n) is 5.71. The van der Waals surface area contributed by atoms with Gasteiger partial charge in [0, 0.05) is 17.8 Å². The molecule has 2 N–H and O–H groups in total. The Morgan fingerprint density at radius 3 is 2.83 bits per heavy atom. The number of amides is 1. The van der Waals surface area contributed by atoms with E-state index in [1.807, 2.05) is 0 Å². The van der Waals surface area contributed by atoms with Crippen molar-refractivity contribution in [1.29, 1.82) is 0 Å². The largest absolute Gasteiger partial charge is 0.481 e. The molecule has 0 aliphatic heterocycles. The van der Waals surface area contributed by atoms with Gasteiger partial charge in [0.15, 0.2) is 0 Å². The normalized spacial score (nSPS) is 22.7. The molecule has 6 heteroatoms. The molecule has 1 fully saturated rings. The third-order valence-electron chi connectivity index (χ3n) is 3.11. The Morgan fingerprint density at radius 1 is 1.44 bits per heavy atom. The Kier molecular flexibility index (Phi) is 3.96. The van der Waals surface area contributed by atoms with Crippen molar-refractivity contribution < 1.29 is 14.7 Å². The molecule has 1 aromatic heterocycles. The lowest BCUT2D eigenvalue weighted by Gasteiger charge is -2.12. The second-order valence-electron chi connectivity index (χ2n) is 4.39. The molecular weight excluding hydrogens is 300 g/mol. The minimum absolute atomic E-state index is 0.0504. The molecule has 5 nitrogen and oxygen atoms in total. The first kappa shape index (κ1) is 13.0. The van der Waals surface area contributed by atoms with Crippen LogP contribution in [0.3, 0.4) is 0 Å².